The monoisotopic (exact) mass is 588 g/mol. The van der Waals surface area contributed by atoms with Crippen LogP contribution in [0.5, 0.6) is 5.75 Å². The van der Waals surface area contributed by atoms with E-state index >= 15 is 0 Å². The average molecular weight is 589 g/mol. The lowest BCUT2D eigenvalue weighted by Crippen LogP contribution is -2.59. The van der Waals surface area contributed by atoms with Crippen LogP contribution in [0.1, 0.15) is 18.4 Å². The van der Waals surface area contributed by atoms with Gasteiger partial charge in [-0.2, -0.15) is 0 Å². The first-order chi connectivity index (χ1) is 19.9. The minimum atomic E-state index is -1.61. The molecule has 2 aliphatic heterocycles. The number of carbonyl (C=O) groups excluding carboxylic acids is 2. The summed E-state index contributed by atoms with van der Waals surface area (Å²) in [6.07, 6.45) is -10.8. The zero-order valence-corrected chi connectivity index (χ0v) is 22.8. The number of esters is 2. The summed E-state index contributed by atoms with van der Waals surface area (Å²) >= 11 is 0. The fourth-order valence-corrected chi connectivity index (χ4v) is 6.50. The van der Waals surface area contributed by atoms with Gasteiger partial charge in [0.15, 0.2) is 12.4 Å². The molecule has 1 aromatic rings. The number of fused-ring (bicyclic) bond motifs is 3. The molecule has 42 heavy (non-hydrogen) atoms. The van der Waals surface area contributed by atoms with Crippen LogP contribution in [0.2, 0.25) is 0 Å². The van der Waals surface area contributed by atoms with Gasteiger partial charge in [-0.05, 0) is 35.6 Å². The fraction of sp³-hybridized carbons (Fsp3) is 0.533. The highest BCUT2D eigenvalue weighted by molar-refractivity contribution is 5.91. The maximum atomic E-state index is 13.0. The van der Waals surface area contributed by atoms with E-state index in [0.717, 1.165) is 0 Å². The van der Waals surface area contributed by atoms with Crippen molar-refractivity contribution in [2.75, 3.05) is 6.61 Å². The molecule has 2 saturated heterocycles. The number of aliphatic hydroxyl groups excluding tert-OH is 5. The summed E-state index contributed by atoms with van der Waals surface area (Å²) in [4.78, 5) is 25.7. The number of rotatable bonds is 7. The lowest BCUT2D eigenvalue weighted by Gasteiger charge is -2.40. The number of aliphatic hydroxyl groups is 5. The molecule has 12 atom stereocenters. The van der Waals surface area contributed by atoms with Gasteiger partial charge in [-0.15, -0.1) is 0 Å². The Kier molecular flexibility index (Phi) is 8.59. The van der Waals surface area contributed by atoms with Gasteiger partial charge in [-0.3, -0.25) is 0 Å². The maximum Gasteiger partial charge on any atom is 0.335 e. The maximum absolute atomic E-state index is 13.0. The van der Waals surface area contributed by atoms with Crippen LogP contribution in [0.4, 0.5) is 0 Å². The number of phenolic OH excluding ortho intramolecular Hbond substituents is 1. The summed E-state index contributed by atoms with van der Waals surface area (Å²) in [5.41, 5.74) is 1.91. The third-order valence-corrected chi connectivity index (χ3v) is 8.80. The molecule has 2 saturated carbocycles. The van der Waals surface area contributed by atoms with Crippen molar-refractivity contribution in [1.29, 1.82) is 0 Å². The lowest BCUT2D eigenvalue weighted by molar-refractivity contribution is -0.308. The Labute approximate surface area is 242 Å². The standard InChI is InChI=1S/C30H36O12/c1-12-8-20(39-29(38)18(33)9-15-4-6-16(32)7-5-15)23-14(3)28(37)42-27(23)22-13(2)19(10-17(12)22)40-30-26(36)25(35)24(34)21(11-31)41-30/h4-7,17-27,30-36H,1-3,8-11H2/t17-,18+,19+,20-,21-,22-,23+,24+,25-,26+,27+,30+/m0/s1. The molecule has 4 aliphatic rings. The van der Waals surface area contributed by atoms with E-state index in [2.05, 4.69) is 19.7 Å². The highest BCUT2D eigenvalue weighted by atomic mass is 16.7. The summed E-state index contributed by atoms with van der Waals surface area (Å²) < 4.78 is 23.0. The van der Waals surface area contributed by atoms with Crippen molar-refractivity contribution in [3.63, 3.8) is 0 Å². The number of hydrogen-bond donors (Lipinski definition) is 6. The van der Waals surface area contributed by atoms with E-state index in [4.69, 9.17) is 18.9 Å². The van der Waals surface area contributed by atoms with Crippen LogP contribution >= 0.6 is 0 Å². The minimum Gasteiger partial charge on any atom is -0.508 e. The van der Waals surface area contributed by atoms with Crippen LogP contribution < -0.4 is 0 Å². The molecule has 2 heterocycles. The Morgan fingerprint density at radius 3 is 2.40 bits per heavy atom. The van der Waals surface area contributed by atoms with Crippen LogP contribution in [-0.2, 0) is 35.0 Å². The van der Waals surface area contributed by atoms with Gasteiger partial charge in [-0.25, -0.2) is 9.59 Å². The van der Waals surface area contributed by atoms with Crippen molar-refractivity contribution in [2.24, 2.45) is 17.8 Å². The molecule has 0 amide bonds. The molecule has 0 spiro atoms. The summed E-state index contributed by atoms with van der Waals surface area (Å²) in [6.45, 7) is 11.7. The number of benzene rings is 1. The molecule has 5 rings (SSSR count). The van der Waals surface area contributed by atoms with Crippen molar-refractivity contribution >= 4 is 11.9 Å². The molecule has 6 N–H and O–H groups in total. The Morgan fingerprint density at radius 1 is 1.05 bits per heavy atom. The van der Waals surface area contributed by atoms with E-state index in [1.54, 1.807) is 12.1 Å². The highest BCUT2D eigenvalue weighted by Gasteiger charge is 2.58. The van der Waals surface area contributed by atoms with Gasteiger partial charge in [-0.1, -0.05) is 37.4 Å². The van der Waals surface area contributed by atoms with E-state index in [-0.39, 0.29) is 30.1 Å². The topological polar surface area (TPSA) is 192 Å². The van der Waals surface area contributed by atoms with Crippen molar-refractivity contribution in [1.82, 2.24) is 0 Å². The molecule has 0 bridgehead atoms. The van der Waals surface area contributed by atoms with E-state index in [1.165, 1.54) is 12.1 Å². The Balaban J connectivity index is 1.32. The Hall–Kier alpha value is -3.10. The summed E-state index contributed by atoms with van der Waals surface area (Å²) in [5.74, 6) is -3.07. The zero-order chi connectivity index (χ0) is 30.5. The van der Waals surface area contributed by atoms with Crippen molar-refractivity contribution in [2.45, 2.75) is 74.4 Å². The fourth-order valence-electron chi connectivity index (χ4n) is 6.50. The van der Waals surface area contributed by atoms with Gasteiger partial charge in [0.05, 0.1) is 18.6 Å². The molecule has 0 radical (unpaired) electrons. The predicted octanol–water partition coefficient (Wildman–Crippen LogP) is -0.357. The van der Waals surface area contributed by atoms with Crippen LogP contribution in [-0.4, -0.2) is 104 Å². The second-order valence-corrected chi connectivity index (χ2v) is 11.4. The molecule has 2 aliphatic carbocycles. The Bertz CT molecular complexity index is 1240. The van der Waals surface area contributed by atoms with Crippen LogP contribution in [0, 0.1) is 17.8 Å². The first kappa shape index (κ1) is 30.4. The van der Waals surface area contributed by atoms with E-state index in [0.29, 0.717) is 23.1 Å². The summed E-state index contributed by atoms with van der Waals surface area (Å²) in [5, 5.41) is 60.2. The van der Waals surface area contributed by atoms with Crippen LogP contribution in [0.15, 0.2) is 60.7 Å². The number of aromatic hydroxyl groups is 1. The van der Waals surface area contributed by atoms with Gasteiger partial charge in [0.1, 0.15) is 42.4 Å². The smallest absolute Gasteiger partial charge is 0.335 e. The molecule has 0 aromatic heterocycles. The first-order valence-electron chi connectivity index (χ1n) is 13.8. The quantitative estimate of drug-likeness (QED) is 0.138. The normalized spacial score (nSPS) is 38.8. The average Bonchev–Trinajstić information content (AvgIpc) is 3.40. The summed E-state index contributed by atoms with van der Waals surface area (Å²) in [6, 6.07) is 6.05. The second kappa shape index (κ2) is 11.9. The van der Waals surface area contributed by atoms with Gasteiger partial charge >= 0.3 is 11.9 Å². The van der Waals surface area contributed by atoms with E-state index in [1.807, 2.05) is 0 Å². The van der Waals surface area contributed by atoms with Gasteiger partial charge in [0.2, 0.25) is 0 Å². The van der Waals surface area contributed by atoms with Crippen molar-refractivity contribution < 1.29 is 59.2 Å². The highest BCUT2D eigenvalue weighted by Crippen LogP contribution is 2.53. The molecule has 12 heteroatoms. The predicted molar refractivity (Wildman–Crippen MR) is 143 cm³/mol. The first-order valence-corrected chi connectivity index (χ1v) is 13.8. The molecule has 228 valence electrons. The number of phenols is 1. The van der Waals surface area contributed by atoms with Gasteiger partial charge < -0.3 is 49.6 Å². The second-order valence-electron chi connectivity index (χ2n) is 11.4. The SMILES string of the molecule is C=C1C(=O)O[C@@H]2[C@H]3C(=C)[C@H](O[C@@H]4O[C@@H](CO)[C@@H](O)[C@H](O)[C@H]4O)C[C@H]3C(=C)C[C@H](OC(=O)[C@H](O)Cc3ccc(O)cc3)[C@@H]12. The minimum absolute atomic E-state index is 0.0454. The third-order valence-electron chi connectivity index (χ3n) is 8.80. The van der Waals surface area contributed by atoms with E-state index < -0.39 is 85.5 Å². The molecule has 4 fully saturated rings. The lowest BCUT2D eigenvalue weighted by atomic mass is 9.81. The molecular weight excluding hydrogens is 552 g/mol. The van der Waals surface area contributed by atoms with Crippen LogP contribution in [0.3, 0.4) is 0 Å². The van der Waals surface area contributed by atoms with Gasteiger partial charge in [0, 0.05) is 24.3 Å². The van der Waals surface area contributed by atoms with Crippen molar-refractivity contribution in [3.05, 3.63) is 66.3 Å². The number of carbonyl (C=O) groups is 2. The third kappa shape index (κ3) is 5.51. The zero-order valence-electron chi connectivity index (χ0n) is 22.8. The molecule has 12 nitrogen and oxygen atoms in total. The molecule has 0 unspecified atom stereocenters. The summed E-state index contributed by atoms with van der Waals surface area (Å²) in [7, 11) is 0. The van der Waals surface area contributed by atoms with E-state index in [9.17, 15) is 40.2 Å². The number of ether oxygens (including phenoxy) is 4. The molecule has 1 aromatic carbocycles. The largest absolute Gasteiger partial charge is 0.508 e. The van der Waals surface area contributed by atoms with Gasteiger partial charge in [0.25, 0.3) is 0 Å². The molecular formula is C30H36O12. The Morgan fingerprint density at radius 2 is 1.74 bits per heavy atom. The van der Waals surface area contributed by atoms with Crippen molar-refractivity contribution in [3.8, 4) is 5.75 Å². The number of hydrogen-bond acceptors (Lipinski definition) is 12. The van der Waals surface area contributed by atoms with Crippen LogP contribution in [0.25, 0.3) is 0 Å².